The number of carbonyl (C=O) groups is 2. The lowest BCUT2D eigenvalue weighted by molar-refractivity contribution is -0.140. The third-order valence-corrected chi connectivity index (χ3v) is 6.49. The first-order chi connectivity index (χ1) is 14.8. The maximum absolute atomic E-state index is 13.0. The van der Waals surface area contributed by atoms with Gasteiger partial charge in [0, 0.05) is 23.6 Å². The van der Waals surface area contributed by atoms with Crippen molar-refractivity contribution in [1.29, 1.82) is 0 Å². The number of methoxy groups -OCH3 is 1. The smallest absolute Gasteiger partial charge is 0.295 e. The monoisotopic (exact) mass is 463 g/mol. The van der Waals surface area contributed by atoms with Crippen LogP contribution in [0.3, 0.4) is 0 Å². The molecule has 1 atom stereocenters. The Morgan fingerprint density at radius 2 is 2.03 bits per heavy atom. The molecule has 0 saturated carbocycles. The van der Waals surface area contributed by atoms with Gasteiger partial charge in [-0.15, -0.1) is 11.3 Å². The van der Waals surface area contributed by atoms with Crippen molar-refractivity contribution in [1.82, 2.24) is 4.90 Å². The van der Waals surface area contributed by atoms with E-state index in [-0.39, 0.29) is 17.4 Å². The summed E-state index contributed by atoms with van der Waals surface area (Å²) in [5, 5.41) is 13.4. The van der Waals surface area contributed by atoms with Crippen LogP contribution in [-0.4, -0.2) is 48.1 Å². The number of ether oxygens (including phenoxy) is 2. The molecule has 0 radical (unpaired) electrons. The molecule has 1 aromatic heterocycles. The molecule has 31 heavy (non-hydrogen) atoms. The normalized spacial score (nSPS) is 18.3. The van der Waals surface area contributed by atoms with Crippen molar-refractivity contribution in [3.8, 4) is 5.75 Å². The van der Waals surface area contributed by atoms with E-state index in [9.17, 15) is 14.7 Å². The van der Waals surface area contributed by atoms with Gasteiger partial charge in [-0.2, -0.15) is 0 Å². The largest absolute Gasteiger partial charge is 0.507 e. The summed E-state index contributed by atoms with van der Waals surface area (Å²) >= 11 is 7.55. The van der Waals surface area contributed by atoms with E-state index in [0.29, 0.717) is 35.9 Å². The number of amides is 1. The molecule has 0 bridgehead atoms. The summed E-state index contributed by atoms with van der Waals surface area (Å²) in [6.45, 7) is 6.65. The number of Topliss-reactive ketones (excluding diaryl/α,β-unsaturated/α-hetero) is 1. The van der Waals surface area contributed by atoms with Gasteiger partial charge in [0.1, 0.15) is 11.5 Å². The van der Waals surface area contributed by atoms with Crippen LogP contribution in [-0.2, 0) is 14.3 Å². The van der Waals surface area contributed by atoms with Crippen LogP contribution in [0, 0.1) is 6.92 Å². The predicted molar refractivity (Wildman–Crippen MR) is 122 cm³/mol. The second kappa shape index (κ2) is 9.85. The summed E-state index contributed by atoms with van der Waals surface area (Å²) < 4.78 is 10.8. The first-order valence-electron chi connectivity index (χ1n) is 10.0. The Morgan fingerprint density at radius 1 is 1.29 bits per heavy atom. The van der Waals surface area contributed by atoms with Gasteiger partial charge in [-0.3, -0.25) is 9.59 Å². The maximum Gasteiger partial charge on any atom is 0.295 e. The van der Waals surface area contributed by atoms with E-state index in [1.165, 1.54) is 23.3 Å². The van der Waals surface area contributed by atoms with Crippen LogP contribution in [0.2, 0.25) is 5.02 Å². The van der Waals surface area contributed by atoms with E-state index in [2.05, 4.69) is 0 Å². The standard InChI is InChI=1S/C23H26ClNO5S/c1-13(2)30-10-5-9-25-19(22-14(3)8-11-31-22)18(21(27)23(25)28)20(26)15-6-7-16(24)17(12-15)29-4/h6-8,11-13,19,26H,5,9-10H2,1-4H3/b20-18-. The molecule has 8 heteroatoms. The summed E-state index contributed by atoms with van der Waals surface area (Å²) in [5.74, 6) is -1.19. The highest BCUT2D eigenvalue weighted by Gasteiger charge is 2.46. The van der Waals surface area contributed by atoms with E-state index < -0.39 is 17.7 Å². The molecule has 1 aliphatic rings. The van der Waals surface area contributed by atoms with Crippen LogP contribution >= 0.6 is 22.9 Å². The Morgan fingerprint density at radius 3 is 2.65 bits per heavy atom. The van der Waals surface area contributed by atoms with Crippen LogP contribution in [0.15, 0.2) is 35.2 Å². The van der Waals surface area contributed by atoms with Gasteiger partial charge in [-0.25, -0.2) is 0 Å². The van der Waals surface area contributed by atoms with Gasteiger partial charge in [0.05, 0.1) is 29.9 Å². The minimum Gasteiger partial charge on any atom is -0.507 e. The molecule has 3 rings (SSSR count). The molecular formula is C23H26ClNO5S. The summed E-state index contributed by atoms with van der Waals surface area (Å²) in [6, 6.07) is 6.02. The highest BCUT2D eigenvalue weighted by atomic mass is 35.5. The number of nitrogens with zero attached hydrogens (tertiary/aromatic N) is 1. The Kier molecular flexibility index (Phi) is 7.41. The highest BCUT2D eigenvalue weighted by molar-refractivity contribution is 7.10. The van der Waals surface area contributed by atoms with Gasteiger partial charge in [0.2, 0.25) is 0 Å². The zero-order chi connectivity index (χ0) is 22.7. The van der Waals surface area contributed by atoms with Crippen LogP contribution in [0.25, 0.3) is 5.76 Å². The fourth-order valence-corrected chi connectivity index (χ4v) is 4.81. The maximum atomic E-state index is 13.0. The summed E-state index contributed by atoms with van der Waals surface area (Å²) in [7, 11) is 1.47. The van der Waals surface area contributed by atoms with E-state index in [1.54, 1.807) is 18.2 Å². The predicted octanol–water partition coefficient (Wildman–Crippen LogP) is 4.96. The Hall–Kier alpha value is -2.35. The molecule has 1 saturated heterocycles. The third-order valence-electron chi connectivity index (χ3n) is 5.11. The first-order valence-corrected chi connectivity index (χ1v) is 11.3. The second-order valence-corrected chi connectivity index (χ2v) is 8.94. The zero-order valence-corrected chi connectivity index (χ0v) is 19.5. The summed E-state index contributed by atoms with van der Waals surface area (Å²) in [5.41, 5.74) is 1.39. The number of aryl methyl sites for hydroxylation is 1. The van der Waals surface area contributed by atoms with Crippen molar-refractivity contribution in [2.75, 3.05) is 20.3 Å². The van der Waals surface area contributed by atoms with Gasteiger partial charge in [-0.1, -0.05) is 11.6 Å². The fourth-order valence-electron chi connectivity index (χ4n) is 3.56. The van der Waals surface area contributed by atoms with Crippen molar-refractivity contribution in [2.24, 2.45) is 0 Å². The van der Waals surface area contributed by atoms with Gasteiger partial charge in [0.25, 0.3) is 11.7 Å². The number of thiophene rings is 1. The van der Waals surface area contributed by atoms with Crippen LogP contribution in [0.5, 0.6) is 5.75 Å². The van der Waals surface area contributed by atoms with E-state index in [4.69, 9.17) is 21.1 Å². The van der Waals surface area contributed by atoms with Crippen LogP contribution in [0.1, 0.15) is 42.3 Å². The Balaban J connectivity index is 2.05. The van der Waals surface area contributed by atoms with Crippen LogP contribution in [0.4, 0.5) is 0 Å². The molecule has 0 spiro atoms. The molecule has 1 amide bonds. The Bertz CT molecular complexity index is 1010. The lowest BCUT2D eigenvalue weighted by Gasteiger charge is -2.25. The van der Waals surface area contributed by atoms with Crippen molar-refractivity contribution in [3.05, 3.63) is 56.2 Å². The van der Waals surface area contributed by atoms with Gasteiger partial charge >= 0.3 is 0 Å². The molecule has 6 nitrogen and oxygen atoms in total. The molecule has 1 fully saturated rings. The molecule has 1 aliphatic heterocycles. The average Bonchev–Trinajstić information content (AvgIpc) is 3.26. The number of aliphatic hydroxyl groups excluding tert-OH is 1. The topological polar surface area (TPSA) is 76.1 Å². The number of rotatable bonds is 8. The summed E-state index contributed by atoms with van der Waals surface area (Å²) in [4.78, 5) is 28.3. The number of carbonyl (C=O) groups excluding carboxylic acids is 2. The number of aliphatic hydroxyl groups is 1. The highest BCUT2D eigenvalue weighted by Crippen LogP contribution is 2.43. The van der Waals surface area contributed by atoms with Crippen molar-refractivity contribution < 1.29 is 24.2 Å². The Labute approximate surface area is 191 Å². The number of hydrogen-bond donors (Lipinski definition) is 1. The van der Waals surface area contributed by atoms with Gasteiger partial charge in [0.15, 0.2) is 0 Å². The quantitative estimate of drug-likeness (QED) is 0.259. The average molecular weight is 464 g/mol. The number of likely N-dealkylation sites (tertiary alicyclic amines) is 1. The molecule has 2 aromatic rings. The molecule has 0 aliphatic carbocycles. The van der Waals surface area contributed by atoms with Crippen molar-refractivity contribution in [2.45, 2.75) is 39.3 Å². The fraction of sp³-hybridized carbons (Fsp3) is 0.391. The number of ketones is 1. The lowest BCUT2D eigenvalue weighted by atomic mass is 9.98. The van der Waals surface area contributed by atoms with Gasteiger partial charge < -0.3 is 19.5 Å². The molecule has 1 unspecified atom stereocenters. The SMILES string of the molecule is COc1cc(/C(O)=C2/C(=O)C(=O)N(CCCOC(C)C)C2c2sccc2C)ccc1Cl. The second-order valence-electron chi connectivity index (χ2n) is 7.58. The van der Waals surface area contributed by atoms with Gasteiger partial charge in [-0.05, 0) is 62.4 Å². The van der Waals surface area contributed by atoms with Crippen molar-refractivity contribution >= 4 is 40.4 Å². The number of hydrogen-bond acceptors (Lipinski definition) is 6. The van der Waals surface area contributed by atoms with E-state index >= 15 is 0 Å². The lowest BCUT2D eigenvalue weighted by Crippen LogP contribution is -2.31. The number of halogens is 1. The summed E-state index contributed by atoms with van der Waals surface area (Å²) in [6.07, 6.45) is 0.673. The minimum absolute atomic E-state index is 0.0738. The van der Waals surface area contributed by atoms with E-state index in [1.807, 2.05) is 32.2 Å². The first kappa shape index (κ1) is 23.3. The molecule has 2 heterocycles. The third kappa shape index (κ3) is 4.79. The van der Waals surface area contributed by atoms with Crippen molar-refractivity contribution in [3.63, 3.8) is 0 Å². The zero-order valence-electron chi connectivity index (χ0n) is 18.0. The molecular weight excluding hydrogens is 438 g/mol. The molecule has 1 aromatic carbocycles. The van der Waals surface area contributed by atoms with Crippen LogP contribution < -0.4 is 4.74 Å². The molecule has 166 valence electrons. The minimum atomic E-state index is -0.700. The number of benzene rings is 1. The van der Waals surface area contributed by atoms with E-state index in [0.717, 1.165) is 10.4 Å². The molecule has 1 N–H and O–H groups in total.